The lowest BCUT2D eigenvalue weighted by Gasteiger charge is -2.20. The molecule has 0 aliphatic rings. The fraction of sp³-hybridized carbons (Fsp3) is 0.462. The van der Waals surface area contributed by atoms with Crippen LogP contribution in [0.15, 0.2) is 18.2 Å². The molecule has 0 bridgehead atoms. The van der Waals surface area contributed by atoms with Crippen LogP contribution in [0.4, 0.5) is 10.5 Å². The van der Waals surface area contributed by atoms with Crippen molar-refractivity contribution in [2.45, 2.75) is 32.8 Å². The number of hydrogen-bond acceptors (Lipinski definition) is 4. The number of ether oxygens (including phenoxy) is 1. The Morgan fingerprint density at radius 2 is 2.10 bits per heavy atom. The molecule has 0 spiro atoms. The largest absolute Gasteiger partial charge is 0.444 e. The Morgan fingerprint density at radius 1 is 1.45 bits per heavy atom. The van der Waals surface area contributed by atoms with Gasteiger partial charge in [-0.15, -0.1) is 0 Å². The maximum absolute atomic E-state index is 11.7. The van der Waals surface area contributed by atoms with Crippen molar-refractivity contribution in [2.75, 3.05) is 11.9 Å². The third-order valence-corrected chi connectivity index (χ3v) is 2.51. The van der Waals surface area contributed by atoms with Crippen molar-refractivity contribution in [1.82, 2.24) is 0 Å². The van der Waals surface area contributed by atoms with E-state index in [0.29, 0.717) is 16.3 Å². The minimum Gasteiger partial charge on any atom is -0.444 e. The van der Waals surface area contributed by atoms with Crippen molar-refractivity contribution in [1.29, 1.82) is 0 Å². The predicted molar refractivity (Wildman–Crippen MR) is 76.9 cm³/mol. The molecule has 1 N–H and O–H groups in total. The third-order valence-electron chi connectivity index (χ3n) is 2.27. The molecule has 1 rings (SSSR count). The number of hydrogen-bond donors (Lipinski definition) is 1. The highest BCUT2D eigenvalue weighted by molar-refractivity contribution is 6.31. The number of rotatable bonds is 4. The van der Waals surface area contributed by atoms with Gasteiger partial charge in [0.1, 0.15) is 5.60 Å². The van der Waals surface area contributed by atoms with Gasteiger partial charge in [-0.2, -0.15) is 0 Å². The van der Waals surface area contributed by atoms with Gasteiger partial charge >= 0.3 is 6.09 Å². The fourth-order valence-corrected chi connectivity index (χ4v) is 1.68. The van der Waals surface area contributed by atoms with E-state index in [1.165, 1.54) is 0 Å². The lowest BCUT2D eigenvalue weighted by Crippen LogP contribution is -2.27. The van der Waals surface area contributed by atoms with E-state index in [9.17, 15) is 14.9 Å². The van der Waals surface area contributed by atoms with Crippen molar-refractivity contribution in [3.8, 4) is 0 Å². The molecule has 0 saturated carbocycles. The molecular formula is C13H17ClN2O4. The van der Waals surface area contributed by atoms with E-state index in [2.05, 4.69) is 5.32 Å². The van der Waals surface area contributed by atoms with Gasteiger partial charge in [0.15, 0.2) is 0 Å². The summed E-state index contributed by atoms with van der Waals surface area (Å²) in [4.78, 5) is 21.7. The maximum atomic E-state index is 11.7. The Labute approximate surface area is 122 Å². The first-order valence-electron chi connectivity index (χ1n) is 6.07. The van der Waals surface area contributed by atoms with Crippen LogP contribution in [0.25, 0.3) is 0 Å². The molecule has 20 heavy (non-hydrogen) atoms. The molecule has 0 saturated heterocycles. The first kappa shape index (κ1) is 16.2. The van der Waals surface area contributed by atoms with Gasteiger partial charge in [-0.3, -0.25) is 15.4 Å². The van der Waals surface area contributed by atoms with Gasteiger partial charge in [0.2, 0.25) is 6.54 Å². The number of nitrogens with zero attached hydrogens (tertiary/aromatic N) is 1. The number of nitro groups is 1. The monoisotopic (exact) mass is 300 g/mol. The first-order chi connectivity index (χ1) is 9.17. The Kier molecular flexibility index (Phi) is 5.33. The third kappa shape index (κ3) is 5.88. The molecule has 0 fully saturated rings. The molecule has 0 radical (unpaired) electrons. The Morgan fingerprint density at radius 3 is 2.65 bits per heavy atom. The van der Waals surface area contributed by atoms with Crippen LogP contribution >= 0.6 is 11.6 Å². The molecule has 0 unspecified atom stereocenters. The van der Waals surface area contributed by atoms with E-state index in [-0.39, 0.29) is 13.0 Å². The molecule has 6 nitrogen and oxygen atoms in total. The summed E-state index contributed by atoms with van der Waals surface area (Å²) in [6.07, 6.45) is -0.419. The minimum atomic E-state index is -0.623. The van der Waals surface area contributed by atoms with Crippen LogP contribution in [-0.2, 0) is 11.2 Å². The lowest BCUT2D eigenvalue weighted by atomic mass is 10.1. The molecule has 110 valence electrons. The summed E-state index contributed by atoms with van der Waals surface area (Å²) in [5, 5.41) is 13.4. The van der Waals surface area contributed by atoms with Gasteiger partial charge in [0, 0.05) is 22.1 Å². The standard InChI is InChI=1S/C13H17ClN2O4/c1-13(2,3)20-12(17)15-11-8-10(14)5-4-9(11)6-7-16(18)19/h4-5,8H,6-7H2,1-3H3,(H,15,17). The van der Waals surface area contributed by atoms with Crippen LogP contribution in [-0.4, -0.2) is 23.2 Å². The zero-order valence-corrected chi connectivity index (χ0v) is 12.4. The quantitative estimate of drug-likeness (QED) is 0.681. The highest BCUT2D eigenvalue weighted by atomic mass is 35.5. The zero-order chi connectivity index (χ0) is 15.3. The molecule has 0 heterocycles. The Balaban J connectivity index is 2.84. The second-order valence-electron chi connectivity index (χ2n) is 5.23. The topological polar surface area (TPSA) is 81.5 Å². The normalized spacial score (nSPS) is 11.0. The average molecular weight is 301 g/mol. The SMILES string of the molecule is CC(C)(C)OC(=O)Nc1cc(Cl)ccc1CC[N+](=O)[O-]. The highest BCUT2D eigenvalue weighted by Crippen LogP contribution is 2.22. The summed E-state index contributed by atoms with van der Waals surface area (Å²) < 4.78 is 5.14. The van der Waals surface area contributed by atoms with Crippen LogP contribution in [0.2, 0.25) is 5.02 Å². The predicted octanol–water partition coefficient (Wildman–Crippen LogP) is 3.51. The van der Waals surface area contributed by atoms with Crippen molar-refractivity contribution in [3.05, 3.63) is 38.9 Å². The smallest absolute Gasteiger partial charge is 0.412 e. The summed E-state index contributed by atoms with van der Waals surface area (Å²) in [6, 6.07) is 4.82. The molecule has 0 aliphatic heterocycles. The van der Waals surface area contributed by atoms with Gasteiger partial charge in [-0.1, -0.05) is 17.7 Å². The number of carbonyl (C=O) groups is 1. The number of benzene rings is 1. The fourth-order valence-electron chi connectivity index (χ4n) is 1.51. The van der Waals surface area contributed by atoms with Crippen molar-refractivity contribution in [2.24, 2.45) is 0 Å². The second-order valence-corrected chi connectivity index (χ2v) is 5.67. The average Bonchev–Trinajstić information content (AvgIpc) is 2.24. The summed E-state index contributed by atoms with van der Waals surface area (Å²) in [6.45, 7) is 5.03. The Hall–Kier alpha value is -1.82. The maximum Gasteiger partial charge on any atom is 0.412 e. The van der Waals surface area contributed by atoms with Crippen molar-refractivity contribution >= 4 is 23.4 Å². The molecular weight excluding hydrogens is 284 g/mol. The summed E-state index contributed by atoms with van der Waals surface area (Å²) in [5.74, 6) is 0. The van der Waals surface area contributed by atoms with E-state index in [0.717, 1.165) is 0 Å². The van der Waals surface area contributed by atoms with Gasteiger partial charge in [-0.05, 0) is 38.5 Å². The van der Waals surface area contributed by atoms with Gasteiger partial charge < -0.3 is 4.74 Å². The number of halogens is 1. The number of nitrogens with one attached hydrogen (secondary N) is 1. The van der Waals surface area contributed by atoms with Crippen molar-refractivity contribution in [3.63, 3.8) is 0 Å². The molecule has 0 aromatic heterocycles. The molecule has 1 aromatic carbocycles. The van der Waals surface area contributed by atoms with Crippen LogP contribution in [0.3, 0.4) is 0 Å². The molecule has 0 aliphatic carbocycles. The van der Waals surface area contributed by atoms with Crippen LogP contribution in [0.1, 0.15) is 26.3 Å². The van der Waals surface area contributed by atoms with Gasteiger partial charge in [0.05, 0.1) is 0 Å². The van der Waals surface area contributed by atoms with Crippen LogP contribution in [0, 0.1) is 10.1 Å². The number of anilines is 1. The van der Waals surface area contributed by atoms with Crippen LogP contribution in [0.5, 0.6) is 0 Å². The van der Waals surface area contributed by atoms with E-state index in [4.69, 9.17) is 16.3 Å². The number of carbonyl (C=O) groups excluding carboxylic acids is 1. The molecule has 1 amide bonds. The molecule has 1 aromatic rings. The van der Waals surface area contributed by atoms with E-state index >= 15 is 0 Å². The van der Waals surface area contributed by atoms with E-state index in [1.807, 2.05) is 0 Å². The summed E-state index contributed by atoms with van der Waals surface area (Å²) in [5.41, 5.74) is 0.439. The molecule has 0 atom stereocenters. The minimum absolute atomic E-state index is 0.204. The van der Waals surface area contributed by atoms with E-state index < -0.39 is 16.6 Å². The number of amides is 1. The van der Waals surface area contributed by atoms with Gasteiger partial charge in [-0.25, -0.2) is 4.79 Å². The van der Waals surface area contributed by atoms with Crippen molar-refractivity contribution < 1.29 is 14.5 Å². The first-order valence-corrected chi connectivity index (χ1v) is 6.45. The molecule has 7 heteroatoms. The lowest BCUT2D eigenvalue weighted by molar-refractivity contribution is -0.479. The Bertz CT molecular complexity index is 512. The van der Waals surface area contributed by atoms with Crippen LogP contribution < -0.4 is 5.32 Å². The van der Waals surface area contributed by atoms with E-state index in [1.54, 1.807) is 39.0 Å². The zero-order valence-electron chi connectivity index (χ0n) is 11.6. The summed E-state index contributed by atoms with van der Waals surface area (Å²) >= 11 is 5.87. The summed E-state index contributed by atoms with van der Waals surface area (Å²) in [7, 11) is 0. The second kappa shape index (κ2) is 6.56. The van der Waals surface area contributed by atoms with Gasteiger partial charge in [0.25, 0.3) is 0 Å². The highest BCUT2D eigenvalue weighted by Gasteiger charge is 2.17.